The van der Waals surface area contributed by atoms with Crippen LogP contribution in [0.15, 0.2) is 72.9 Å². The summed E-state index contributed by atoms with van der Waals surface area (Å²) in [6.07, 6.45) is 7.62. The Kier molecular flexibility index (Phi) is 4.69. The van der Waals surface area contributed by atoms with Gasteiger partial charge in [-0.15, -0.1) is 0 Å². The van der Waals surface area contributed by atoms with Crippen molar-refractivity contribution in [2.75, 3.05) is 19.6 Å². The Morgan fingerprint density at radius 2 is 0.526 bits per heavy atom. The van der Waals surface area contributed by atoms with Crippen molar-refractivity contribution in [2.24, 2.45) is 0 Å². The molecule has 4 aliphatic heterocycles. The molecule has 184 valence electrons. The average molecular weight is 508 g/mol. The molecule has 0 atom stereocenters. The minimum Gasteiger partial charge on any atom is -0.269 e. The van der Waals surface area contributed by atoms with E-state index in [2.05, 4.69) is 0 Å². The Hall–Kier alpha value is -5.78. The standard InChI is InChI=1S/C26H12N4O8/c31-15-5-6-16(32)27(15)23-13-3-1-2-4-14(13)24(28-17(33)7-8-18(28)34)26(30-21(37)11-12-22(30)38)25(23)29-19(35)9-10-20(29)36/h1-12H. The fraction of sp³-hybridized carbons (Fsp3) is 0. The van der Waals surface area contributed by atoms with E-state index in [4.69, 9.17) is 0 Å². The van der Waals surface area contributed by atoms with Crippen LogP contribution in [0.1, 0.15) is 0 Å². The van der Waals surface area contributed by atoms with Crippen molar-refractivity contribution >= 4 is 80.8 Å². The molecule has 4 heterocycles. The molecule has 0 saturated carbocycles. The maximum atomic E-state index is 13.0. The Morgan fingerprint density at radius 1 is 0.316 bits per heavy atom. The highest BCUT2D eigenvalue weighted by Crippen LogP contribution is 2.53. The van der Waals surface area contributed by atoms with E-state index in [9.17, 15) is 38.4 Å². The smallest absolute Gasteiger partial charge is 0.258 e. The summed E-state index contributed by atoms with van der Waals surface area (Å²) in [7, 11) is 0. The summed E-state index contributed by atoms with van der Waals surface area (Å²) in [5.41, 5.74) is -1.57. The van der Waals surface area contributed by atoms with Crippen LogP contribution in [0.4, 0.5) is 22.7 Å². The van der Waals surface area contributed by atoms with Crippen LogP contribution in [0.2, 0.25) is 0 Å². The van der Waals surface area contributed by atoms with Crippen LogP contribution >= 0.6 is 0 Å². The first-order valence-electron chi connectivity index (χ1n) is 11.0. The molecule has 4 aliphatic rings. The lowest BCUT2D eigenvalue weighted by atomic mass is 9.99. The van der Waals surface area contributed by atoms with Crippen molar-refractivity contribution in [1.82, 2.24) is 0 Å². The molecule has 12 nitrogen and oxygen atoms in total. The molecule has 0 bridgehead atoms. The van der Waals surface area contributed by atoms with Gasteiger partial charge in [0.2, 0.25) is 0 Å². The highest BCUT2D eigenvalue weighted by Gasteiger charge is 2.44. The number of hydrogen-bond acceptors (Lipinski definition) is 8. The van der Waals surface area contributed by atoms with E-state index in [0.717, 1.165) is 48.6 Å². The second-order valence-electron chi connectivity index (χ2n) is 8.32. The normalized spacial score (nSPS) is 18.8. The molecule has 8 amide bonds. The average Bonchev–Trinajstić information content (AvgIpc) is 3.61. The lowest BCUT2D eigenvalue weighted by Gasteiger charge is -2.33. The Bertz CT molecular complexity index is 1550. The first-order valence-corrected chi connectivity index (χ1v) is 11.0. The minimum absolute atomic E-state index is 0.0821. The van der Waals surface area contributed by atoms with Gasteiger partial charge in [0.15, 0.2) is 0 Å². The molecule has 2 aromatic carbocycles. The maximum absolute atomic E-state index is 13.0. The predicted molar refractivity (Wildman–Crippen MR) is 130 cm³/mol. The third kappa shape index (κ3) is 2.97. The van der Waals surface area contributed by atoms with Crippen LogP contribution in [0.5, 0.6) is 0 Å². The molecule has 0 N–H and O–H groups in total. The molecule has 0 aromatic heterocycles. The zero-order valence-corrected chi connectivity index (χ0v) is 19.0. The maximum Gasteiger partial charge on any atom is 0.258 e. The molecule has 0 aliphatic carbocycles. The number of amides is 8. The molecular weight excluding hydrogens is 496 g/mol. The van der Waals surface area contributed by atoms with Gasteiger partial charge in [-0.2, -0.15) is 0 Å². The van der Waals surface area contributed by atoms with E-state index in [-0.39, 0.29) is 22.1 Å². The van der Waals surface area contributed by atoms with E-state index in [1.54, 1.807) is 0 Å². The zero-order chi connectivity index (χ0) is 26.9. The van der Waals surface area contributed by atoms with Gasteiger partial charge in [0.05, 0.1) is 11.4 Å². The van der Waals surface area contributed by atoms with Gasteiger partial charge in [0.25, 0.3) is 47.3 Å². The van der Waals surface area contributed by atoms with Gasteiger partial charge >= 0.3 is 0 Å². The van der Waals surface area contributed by atoms with Crippen molar-refractivity contribution in [3.63, 3.8) is 0 Å². The highest BCUT2D eigenvalue weighted by molar-refractivity contribution is 6.43. The third-order valence-electron chi connectivity index (χ3n) is 6.24. The first-order chi connectivity index (χ1) is 18.2. The molecule has 0 fully saturated rings. The van der Waals surface area contributed by atoms with Gasteiger partial charge in [-0.25, -0.2) is 19.6 Å². The van der Waals surface area contributed by atoms with E-state index in [1.807, 2.05) is 0 Å². The molecule has 0 spiro atoms. The quantitative estimate of drug-likeness (QED) is 0.544. The van der Waals surface area contributed by atoms with Crippen LogP contribution in [-0.2, 0) is 38.4 Å². The number of nitrogens with zero attached hydrogens (tertiary/aromatic N) is 4. The second-order valence-corrected chi connectivity index (χ2v) is 8.32. The number of benzene rings is 2. The molecule has 0 unspecified atom stereocenters. The summed E-state index contributed by atoms with van der Waals surface area (Å²) in [4.78, 5) is 106. The molecule has 6 rings (SSSR count). The van der Waals surface area contributed by atoms with Gasteiger partial charge in [0, 0.05) is 59.4 Å². The van der Waals surface area contributed by atoms with E-state index < -0.39 is 58.6 Å². The largest absolute Gasteiger partial charge is 0.269 e. The van der Waals surface area contributed by atoms with Crippen LogP contribution in [-0.4, -0.2) is 47.3 Å². The van der Waals surface area contributed by atoms with Gasteiger partial charge in [-0.1, -0.05) is 24.3 Å². The highest BCUT2D eigenvalue weighted by atomic mass is 16.2. The number of imide groups is 4. The molecule has 12 heteroatoms. The van der Waals surface area contributed by atoms with Crippen molar-refractivity contribution in [1.29, 1.82) is 0 Å². The van der Waals surface area contributed by atoms with Crippen LogP contribution < -0.4 is 19.6 Å². The Morgan fingerprint density at radius 3 is 0.763 bits per heavy atom. The van der Waals surface area contributed by atoms with Gasteiger partial charge in [-0.3, -0.25) is 38.4 Å². The molecule has 2 aromatic rings. The van der Waals surface area contributed by atoms with Crippen LogP contribution in [0.25, 0.3) is 10.8 Å². The third-order valence-corrected chi connectivity index (χ3v) is 6.24. The van der Waals surface area contributed by atoms with E-state index >= 15 is 0 Å². The molecule has 0 saturated heterocycles. The SMILES string of the molecule is O=C1C=CC(=O)N1c1c(N2C(=O)C=CC2=O)c(N2C(=O)C=CC2=O)c2ccccc2c1N1C(=O)C=CC1=O. The Labute approximate surface area is 212 Å². The number of hydrogen-bond donors (Lipinski definition) is 0. The van der Waals surface area contributed by atoms with Crippen molar-refractivity contribution in [3.8, 4) is 0 Å². The topological polar surface area (TPSA) is 150 Å². The minimum atomic E-state index is -0.907. The number of anilines is 4. The summed E-state index contributed by atoms with van der Waals surface area (Å²) < 4.78 is 0. The summed E-state index contributed by atoms with van der Waals surface area (Å²) in [5, 5.41) is 0.164. The molecule has 0 radical (unpaired) electrons. The van der Waals surface area contributed by atoms with Crippen molar-refractivity contribution < 1.29 is 38.4 Å². The van der Waals surface area contributed by atoms with Crippen LogP contribution in [0, 0.1) is 0 Å². The first kappa shape index (κ1) is 22.7. The van der Waals surface area contributed by atoms with Crippen LogP contribution in [0.3, 0.4) is 0 Å². The number of fused-ring (bicyclic) bond motifs is 1. The van der Waals surface area contributed by atoms with Gasteiger partial charge in [0.1, 0.15) is 11.4 Å². The summed E-state index contributed by atoms with van der Waals surface area (Å²) in [6.45, 7) is 0. The molecule has 38 heavy (non-hydrogen) atoms. The number of carbonyl (C=O) groups excluding carboxylic acids is 8. The van der Waals surface area contributed by atoms with Crippen molar-refractivity contribution in [2.45, 2.75) is 0 Å². The fourth-order valence-corrected chi connectivity index (χ4v) is 4.73. The number of rotatable bonds is 4. The lowest BCUT2D eigenvalue weighted by Crippen LogP contribution is -2.40. The Balaban J connectivity index is 1.85. The van der Waals surface area contributed by atoms with E-state index in [0.29, 0.717) is 19.6 Å². The zero-order valence-electron chi connectivity index (χ0n) is 19.0. The van der Waals surface area contributed by atoms with E-state index in [1.165, 1.54) is 24.3 Å². The lowest BCUT2D eigenvalue weighted by molar-refractivity contribution is -0.122. The summed E-state index contributed by atoms with van der Waals surface area (Å²) in [5.74, 6) is -6.91. The fourth-order valence-electron chi connectivity index (χ4n) is 4.73. The summed E-state index contributed by atoms with van der Waals surface area (Å²) >= 11 is 0. The second kappa shape index (κ2) is 7.86. The van der Waals surface area contributed by atoms with Gasteiger partial charge < -0.3 is 0 Å². The number of carbonyl (C=O) groups is 8. The summed E-state index contributed by atoms with van der Waals surface area (Å²) in [6, 6.07) is 5.96. The predicted octanol–water partition coefficient (Wildman–Crippen LogP) is 0.557. The monoisotopic (exact) mass is 508 g/mol. The molecular formula is C26H12N4O8. The van der Waals surface area contributed by atoms with Crippen molar-refractivity contribution in [3.05, 3.63) is 72.9 Å². The van der Waals surface area contributed by atoms with Gasteiger partial charge in [-0.05, 0) is 0 Å².